The zero-order valence-electron chi connectivity index (χ0n) is 10.1. The van der Waals surface area contributed by atoms with Gasteiger partial charge < -0.3 is 15.2 Å². The number of methoxy groups -OCH3 is 1. The number of hydrogen-bond donors (Lipinski definition) is 2. The molecule has 0 fully saturated rings. The van der Waals surface area contributed by atoms with Crippen LogP contribution in [0.5, 0.6) is 0 Å². The van der Waals surface area contributed by atoms with Crippen LogP contribution in [0.4, 0.5) is 4.39 Å². The van der Waals surface area contributed by atoms with Crippen molar-refractivity contribution < 1.29 is 23.8 Å². The van der Waals surface area contributed by atoms with Crippen LogP contribution in [0.15, 0.2) is 18.2 Å². The average Bonchev–Trinajstić information content (AvgIpc) is 2.37. The summed E-state index contributed by atoms with van der Waals surface area (Å²) in [7, 11) is 1.13. The largest absolute Gasteiger partial charge is 0.467 e. The molecule has 1 atom stereocenters. The fourth-order valence-corrected chi connectivity index (χ4v) is 1.38. The smallest absolute Gasteiger partial charge is 0.330 e. The third kappa shape index (κ3) is 3.04. The number of halogens is 1. The molecule has 98 valence electrons. The summed E-state index contributed by atoms with van der Waals surface area (Å²) in [5.41, 5.74) is 0.138. The molecule has 0 aliphatic carbocycles. The van der Waals surface area contributed by atoms with Crippen LogP contribution in [0.2, 0.25) is 0 Å². The lowest BCUT2D eigenvalue weighted by atomic mass is 10.1. The van der Waals surface area contributed by atoms with E-state index in [1.807, 2.05) is 0 Å². The fourth-order valence-electron chi connectivity index (χ4n) is 1.38. The molecule has 0 aliphatic heterocycles. The zero-order valence-corrected chi connectivity index (χ0v) is 10.1. The molecule has 1 unspecified atom stereocenters. The lowest BCUT2D eigenvalue weighted by molar-refractivity contribution is -0.143. The Morgan fingerprint density at radius 3 is 2.72 bits per heavy atom. The molecule has 0 heterocycles. The van der Waals surface area contributed by atoms with Crippen molar-refractivity contribution in [3.8, 4) is 0 Å². The van der Waals surface area contributed by atoms with Crippen molar-refractivity contribution in [3.63, 3.8) is 0 Å². The number of aryl methyl sites for hydroxylation is 1. The monoisotopic (exact) mass is 255 g/mol. The molecule has 1 rings (SSSR count). The molecule has 1 amide bonds. The number of benzene rings is 1. The highest BCUT2D eigenvalue weighted by Gasteiger charge is 2.22. The SMILES string of the molecule is COC(=O)C(CO)NC(=O)c1cccc(C)c1F. The Morgan fingerprint density at radius 2 is 2.17 bits per heavy atom. The number of hydrogen-bond acceptors (Lipinski definition) is 4. The van der Waals surface area contributed by atoms with Crippen LogP contribution in [0, 0.1) is 12.7 Å². The molecule has 0 radical (unpaired) electrons. The van der Waals surface area contributed by atoms with Crippen LogP contribution in [0.25, 0.3) is 0 Å². The highest BCUT2D eigenvalue weighted by Crippen LogP contribution is 2.11. The van der Waals surface area contributed by atoms with Crippen LogP contribution in [0.3, 0.4) is 0 Å². The Morgan fingerprint density at radius 1 is 1.50 bits per heavy atom. The Kier molecular flexibility index (Phi) is 4.79. The van der Waals surface area contributed by atoms with Crippen molar-refractivity contribution in [1.82, 2.24) is 5.32 Å². The predicted octanol–water partition coefficient (Wildman–Crippen LogP) is 0.398. The van der Waals surface area contributed by atoms with Gasteiger partial charge in [-0.2, -0.15) is 0 Å². The first-order chi connectivity index (χ1) is 8.51. The van der Waals surface area contributed by atoms with Crippen molar-refractivity contribution in [2.45, 2.75) is 13.0 Å². The number of ether oxygens (including phenoxy) is 1. The average molecular weight is 255 g/mol. The second-order valence-corrected chi connectivity index (χ2v) is 3.67. The van der Waals surface area contributed by atoms with Gasteiger partial charge in [0.2, 0.25) is 0 Å². The van der Waals surface area contributed by atoms with Gasteiger partial charge in [-0.25, -0.2) is 9.18 Å². The van der Waals surface area contributed by atoms with Crippen LogP contribution in [-0.4, -0.2) is 36.7 Å². The number of aliphatic hydroxyl groups is 1. The predicted molar refractivity (Wildman–Crippen MR) is 61.5 cm³/mol. The highest BCUT2D eigenvalue weighted by molar-refractivity contribution is 5.97. The molecule has 0 aromatic heterocycles. The summed E-state index contributed by atoms with van der Waals surface area (Å²) in [5.74, 6) is -2.23. The minimum Gasteiger partial charge on any atom is -0.467 e. The van der Waals surface area contributed by atoms with Crippen LogP contribution < -0.4 is 5.32 Å². The lowest BCUT2D eigenvalue weighted by Crippen LogP contribution is -2.44. The Balaban J connectivity index is 2.88. The maximum atomic E-state index is 13.6. The third-order valence-corrected chi connectivity index (χ3v) is 2.41. The van der Waals surface area contributed by atoms with Crippen LogP contribution >= 0.6 is 0 Å². The molecule has 1 aromatic rings. The molecular formula is C12H14FNO4. The van der Waals surface area contributed by atoms with Crippen molar-refractivity contribution in [1.29, 1.82) is 0 Å². The van der Waals surface area contributed by atoms with Crippen molar-refractivity contribution in [2.24, 2.45) is 0 Å². The first-order valence-electron chi connectivity index (χ1n) is 5.26. The van der Waals surface area contributed by atoms with E-state index in [0.717, 1.165) is 7.11 Å². The van der Waals surface area contributed by atoms with Crippen LogP contribution in [-0.2, 0) is 9.53 Å². The summed E-state index contributed by atoms with van der Waals surface area (Å²) in [5, 5.41) is 11.1. The van der Waals surface area contributed by atoms with Crippen LogP contribution in [0.1, 0.15) is 15.9 Å². The molecule has 5 nitrogen and oxygen atoms in total. The van der Waals surface area contributed by atoms with Gasteiger partial charge in [0.25, 0.3) is 5.91 Å². The van der Waals surface area contributed by atoms with Crippen molar-refractivity contribution in [2.75, 3.05) is 13.7 Å². The van der Waals surface area contributed by atoms with Gasteiger partial charge in [-0.15, -0.1) is 0 Å². The highest BCUT2D eigenvalue weighted by atomic mass is 19.1. The minimum atomic E-state index is -1.21. The zero-order chi connectivity index (χ0) is 13.7. The number of carbonyl (C=O) groups excluding carboxylic acids is 2. The molecule has 2 N–H and O–H groups in total. The van der Waals surface area contributed by atoms with E-state index in [1.54, 1.807) is 0 Å². The van der Waals surface area contributed by atoms with Gasteiger partial charge in [0, 0.05) is 0 Å². The number of aliphatic hydroxyl groups excluding tert-OH is 1. The Hall–Kier alpha value is -1.95. The summed E-state index contributed by atoms with van der Waals surface area (Å²) in [4.78, 5) is 22.9. The number of esters is 1. The van der Waals surface area contributed by atoms with E-state index in [9.17, 15) is 14.0 Å². The number of rotatable bonds is 4. The maximum Gasteiger partial charge on any atom is 0.330 e. The number of carbonyl (C=O) groups is 2. The lowest BCUT2D eigenvalue weighted by Gasteiger charge is -2.14. The van der Waals surface area contributed by atoms with Gasteiger partial charge in [-0.3, -0.25) is 4.79 Å². The molecule has 0 bridgehead atoms. The molecule has 18 heavy (non-hydrogen) atoms. The molecule has 6 heteroatoms. The summed E-state index contributed by atoms with van der Waals surface area (Å²) in [6.07, 6.45) is 0. The first-order valence-corrected chi connectivity index (χ1v) is 5.26. The Bertz CT molecular complexity index is 461. The quantitative estimate of drug-likeness (QED) is 0.763. The van der Waals surface area contributed by atoms with Gasteiger partial charge in [0.15, 0.2) is 6.04 Å². The summed E-state index contributed by atoms with van der Waals surface area (Å²) in [6.45, 7) is 0.905. The summed E-state index contributed by atoms with van der Waals surface area (Å²) in [6, 6.07) is 3.14. The summed E-state index contributed by atoms with van der Waals surface area (Å²) < 4.78 is 18.0. The molecular weight excluding hydrogens is 241 g/mol. The fraction of sp³-hybridized carbons (Fsp3) is 0.333. The molecule has 0 saturated carbocycles. The van der Waals surface area contributed by atoms with E-state index < -0.39 is 30.3 Å². The van der Waals surface area contributed by atoms with Gasteiger partial charge in [-0.05, 0) is 18.6 Å². The normalized spacial score (nSPS) is 11.8. The topological polar surface area (TPSA) is 75.6 Å². The molecule has 0 spiro atoms. The van der Waals surface area contributed by atoms with Gasteiger partial charge in [0.05, 0.1) is 19.3 Å². The van der Waals surface area contributed by atoms with Crippen molar-refractivity contribution in [3.05, 3.63) is 35.1 Å². The second-order valence-electron chi connectivity index (χ2n) is 3.67. The van der Waals surface area contributed by atoms with Gasteiger partial charge in [-0.1, -0.05) is 12.1 Å². The molecule has 0 saturated heterocycles. The number of amides is 1. The summed E-state index contributed by atoms with van der Waals surface area (Å²) >= 11 is 0. The van der Waals surface area contributed by atoms with E-state index in [-0.39, 0.29) is 5.56 Å². The van der Waals surface area contributed by atoms with E-state index in [2.05, 4.69) is 10.1 Å². The van der Waals surface area contributed by atoms with Crippen molar-refractivity contribution >= 4 is 11.9 Å². The van der Waals surface area contributed by atoms with E-state index >= 15 is 0 Å². The van der Waals surface area contributed by atoms with E-state index in [4.69, 9.17) is 5.11 Å². The third-order valence-electron chi connectivity index (χ3n) is 2.41. The maximum absolute atomic E-state index is 13.6. The second kappa shape index (κ2) is 6.11. The van der Waals surface area contributed by atoms with E-state index in [0.29, 0.717) is 5.56 Å². The molecule has 0 aliphatic rings. The minimum absolute atomic E-state index is 0.183. The molecule has 1 aromatic carbocycles. The van der Waals surface area contributed by atoms with E-state index in [1.165, 1.54) is 25.1 Å². The first kappa shape index (κ1) is 14.1. The standard InChI is InChI=1S/C12H14FNO4/c1-7-4-3-5-8(10(7)13)11(16)14-9(6-15)12(17)18-2/h3-5,9,15H,6H2,1-2H3,(H,14,16). The Labute approximate surface area is 104 Å². The van der Waals surface area contributed by atoms with Gasteiger partial charge in [0.1, 0.15) is 5.82 Å². The number of nitrogens with one attached hydrogen (secondary N) is 1. The van der Waals surface area contributed by atoms with Gasteiger partial charge >= 0.3 is 5.97 Å².